The Hall–Kier alpha value is -5.38. The van der Waals surface area contributed by atoms with Crippen molar-refractivity contribution in [2.24, 2.45) is 0 Å². The van der Waals surface area contributed by atoms with Crippen molar-refractivity contribution in [1.29, 1.82) is 0 Å². The normalized spacial score (nSPS) is 10.4. The molecule has 0 amide bonds. The first-order chi connectivity index (χ1) is 23.3. The highest BCUT2D eigenvalue weighted by Crippen LogP contribution is 2.30. The fourth-order valence-corrected chi connectivity index (χ4v) is 4.36. The summed E-state index contributed by atoms with van der Waals surface area (Å²) in [7, 11) is 0. The van der Waals surface area contributed by atoms with Gasteiger partial charge in [-0.15, -0.1) is 0 Å². The predicted molar refractivity (Wildman–Crippen MR) is 180 cm³/mol. The third kappa shape index (κ3) is 12.8. The van der Waals surface area contributed by atoms with E-state index in [1.54, 1.807) is 42.5 Å². The SMILES string of the molecule is C=CC(=O)OCCCCCCOc1ccc(C(=O)Oc2ccc(-c3ccc(C(=O)OCCCCOC(=O)C=C)cc3)cc2)cc1OCC. The van der Waals surface area contributed by atoms with Gasteiger partial charge in [0.25, 0.3) is 0 Å². The maximum atomic E-state index is 12.9. The van der Waals surface area contributed by atoms with Crippen LogP contribution in [0.1, 0.15) is 66.2 Å². The van der Waals surface area contributed by atoms with Gasteiger partial charge >= 0.3 is 23.9 Å². The van der Waals surface area contributed by atoms with Gasteiger partial charge in [-0.05, 0) is 99.0 Å². The lowest BCUT2D eigenvalue weighted by Gasteiger charge is -2.13. The molecule has 3 rings (SSSR count). The Labute approximate surface area is 281 Å². The summed E-state index contributed by atoms with van der Waals surface area (Å²) in [5.74, 6) is -0.483. The molecule has 0 atom stereocenters. The molecule has 0 aromatic heterocycles. The molecule has 48 heavy (non-hydrogen) atoms. The van der Waals surface area contributed by atoms with Gasteiger partial charge in [-0.25, -0.2) is 19.2 Å². The van der Waals surface area contributed by atoms with E-state index in [0.29, 0.717) is 61.0 Å². The number of ether oxygens (including phenoxy) is 6. The van der Waals surface area contributed by atoms with Crippen molar-refractivity contribution in [2.75, 3.05) is 33.0 Å². The van der Waals surface area contributed by atoms with E-state index in [-0.39, 0.29) is 13.2 Å². The fraction of sp³-hybridized carbons (Fsp3) is 0.316. The maximum absolute atomic E-state index is 12.9. The molecule has 0 unspecified atom stereocenters. The van der Waals surface area contributed by atoms with Gasteiger partial charge in [0, 0.05) is 12.2 Å². The Balaban J connectivity index is 1.46. The summed E-state index contributed by atoms with van der Waals surface area (Å²) >= 11 is 0. The van der Waals surface area contributed by atoms with Crippen LogP contribution in [-0.4, -0.2) is 56.9 Å². The Bertz CT molecular complexity index is 1510. The minimum absolute atomic E-state index is 0.220. The van der Waals surface area contributed by atoms with Crippen molar-refractivity contribution in [1.82, 2.24) is 0 Å². The summed E-state index contributed by atoms with van der Waals surface area (Å²) in [6.07, 6.45) is 6.81. The molecule has 10 nitrogen and oxygen atoms in total. The zero-order valence-electron chi connectivity index (χ0n) is 27.3. The molecule has 0 fully saturated rings. The molecule has 0 aliphatic rings. The van der Waals surface area contributed by atoms with Gasteiger partial charge in [0.2, 0.25) is 0 Å². The van der Waals surface area contributed by atoms with E-state index in [9.17, 15) is 19.2 Å². The monoisotopic (exact) mass is 658 g/mol. The molecule has 0 aliphatic carbocycles. The molecule has 0 bridgehead atoms. The van der Waals surface area contributed by atoms with Crippen LogP contribution >= 0.6 is 0 Å². The first-order valence-corrected chi connectivity index (χ1v) is 15.9. The van der Waals surface area contributed by atoms with Crippen molar-refractivity contribution >= 4 is 23.9 Å². The van der Waals surface area contributed by atoms with Gasteiger partial charge in [0.1, 0.15) is 5.75 Å². The second kappa shape index (κ2) is 20.7. The summed E-state index contributed by atoms with van der Waals surface area (Å²) in [6.45, 7) is 10.3. The lowest BCUT2D eigenvalue weighted by Crippen LogP contribution is -2.09. The number of carbonyl (C=O) groups is 4. The highest BCUT2D eigenvalue weighted by molar-refractivity contribution is 5.92. The number of carbonyl (C=O) groups excluding carboxylic acids is 4. The van der Waals surface area contributed by atoms with Crippen LogP contribution in [0.5, 0.6) is 17.2 Å². The van der Waals surface area contributed by atoms with Crippen molar-refractivity contribution in [3.05, 3.63) is 103 Å². The van der Waals surface area contributed by atoms with Crippen LogP contribution < -0.4 is 14.2 Å². The smallest absolute Gasteiger partial charge is 0.343 e. The van der Waals surface area contributed by atoms with E-state index in [1.165, 1.54) is 0 Å². The number of rotatable bonds is 21. The summed E-state index contributed by atoms with van der Waals surface area (Å²) < 4.78 is 32.4. The van der Waals surface area contributed by atoms with Gasteiger partial charge < -0.3 is 28.4 Å². The minimum atomic E-state index is -0.534. The number of benzene rings is 3. The van der Waals surface area contributed by atoms with Gasteiger partial charge in [0.05, 0.1) is 44.2 Å². The first kappa shape index (κ1) is 37.1. The average molecular weight is 659 g/mol. The fourth-order valence-electron chi connectivity index (χ4n) is 4.36. The Morgan fingerprint density at radius 1 is 0.562 bits per heavy atom. The highest BCUT2D eigenvalue weighted by Gasteiger charge is 2.14. The molecule has 0 saturated carbocycles. The third-order valence-corrected chi connectivity index (χ3v) is 6.89. The molecular weight excluding hydrogens is 616 g/mol. The van der Waals surface area contributed by atoms with Crippen LogP contribution in [0.4, 0.5) is 0 Å². The molecule has 0 saturated heterocycles. The van der Waals surface area contributed by atoms with Crippen molar-refractivity contribution in [3.63, 3.8) is 0 Å². The summed E-state index contributed by atoms with van der Waals surface area (Å²) in [6, 6.07) is 19.0. The minimum Gasteiger partial charge on any atom is -0.490 e. The number of hydrogen-bond acceptors (Lipinski definition) is 10. The zero-order valence-corrected chi connectivity index (χ0v) is 27.3. The van der Waals surface area contributed by atoms with Gasteiger partial charge in [-0.1, -0.05) is 37.4 Å². The predicted octanol–water partition coefficient (Wildman–Crippen LogP) is 7.31. The molecule has 3 aromatic carbocycles. The summed E-state index contributed by atoms with van der Waals surface area (Å²) in [4.78, 5) is 47.4. The highest BCUT2D eigenvalue weighted by atomic mass is 16.5. The van der Waals surface area contributed by atoms with E-state index < -0.39 is 23.9 Å². The molecule has 10 heteroatoms. The van der Waals surface area contributed by atoms with Crippen molar-refractivity contribution in [3.8, 4) is 28.4 Å². The molecule has 3 aromatic rings. The zero-order chi connectivity index (χ0) is 34.6. The average Bonchev–Trinajstić information content (AvgIpc) is 3.11. The maximum Gasteiger partial charge on any atom is 0.343 e. The van der Waals surface area contributed by atoms with Crippen LogP contribution in [0.2, 0.25) is 0 Å². The molecule has 0 N–H and O–H groups in total. The van der Waals surface area contributed by atoms with E-state index in [0.717, 1.165) is 49.0 Å². The van der Waals surface area contributed by atoms with Gasteiger partial charge in [-0.2, -0.15) is 0 Å². The largest absolute Gasteiger partial charge is 0.490 e. The lowest BCUT2D eigenvalue weighted by atomic mass is 10.0. The third-order valence-electron chi connectivity index (χ3n) is 6.89. The molecule has 0 radical (unpaired) electrons. The Morgan fingerprint density at radius 3 is 1.67 bits per heavy atom. The van der Waals surface area contributed by atoms with E-state index in [2.05, 4.69) is 13.2 Å². The van der Waals surface area contributed by atoms with Gasteiger partial charge in [0.15, 0.2) is 11.5 Å². The molecule has 0 heterocycles. The van der Waals surface area contributed by atoms with E-state index >= 15 is 0 Å². The second-order valence-corrected chi connectivity index (χ2v) is 10.4. The number of hydrogen-bond donors (Lipinski definition) is 0. The summed E-state index contributed by atoms with van der Waals surface area (Å²) in [5, 5.41) is 0. The van der Waals surface area contributed by atoms with Crippen LogP contribution in [0.25, 0.3) is 11.1 Å². The molecule has 0 aliphatic heterocycles. The first-order valence-electron chi connectivity index (χ1n) is 15.9. The molecule has 254 valence electrons. The Morgan fingerprint density at radius 2 is 1.08 bits per heavy atom. The lowest BCUT2D eigenvalue weighted by molar-refractivity contribution is -0.138. The van der Waals surface area contributed by atoms with Crippen LogP contribution in [0.3, 0.4) is 0 Å². The number of unbranched alkanes of at least 4 members (excludes halogenated alkanes) is 4. The van der Waals surface area contributed by atoms with Crippen molar-refractivity contribution < 1.29 is 47.6 Å². The standard InChI is InChI=1S/C38H42O10/c1-4-35(39)45-24-10-8-7-9-23-44-33-22-19-31(27-34(33)43-6-3)38(42)48-32-20-17-29(18-21-32)28-13-15-30(16-14-28)37(41)47-26-12-11-25-46-36(40)5-2/h4-5,13-22,27H,1-2,6-12,23-26H2,3H3. The van der Waals surface area contributed by atoms with Crippen LogP contribution in [-0.2, 0) is 23.8 Å². The number of esters is 4. The topological polar surface area (TPSA) is 124 Å². The molecule has 0 spiro atoms. The van der Waals surface area contributed by atoms with Gasteiger partial charge in [-0.3, -0.25) is 0 Å². The van der Waals surface area contributed by atoms with Crippen LogP contribution in [0.15, 0.2) is 92.0 Å². The van der Waals surface area contributed by atoms with Crippen LogP contribution in [0, 0.1) is 0 Å². The molecular formula is C38H42O10. The quantitative estimate of drug-likeness (QED) is 0.0378. The van der Waals surface area contributed by atoms with E-state index in [4.69, 9.17) is 28.4 Å². The van der Waals surface area contributed by atoms with E-state index in [1.807, 2.05) is 31.2 Å². The summed E-state index contributed by atoms with van der Waals surface area (Å²) in [5.41, 5.74) is 2.49. The Kier molecular flexibility index (Phi) is 16.0. The second-order valence-electron chi connectivity index (χ2n) is 10.4. The van der Waals surface area contributed by atoms with Crippen molar-refractivity contribution in [2.45, 2.75) is 45.4 Å².